The first-order valence-electron chi connectivity index (χ1n) is 6.94. The fourth-order valence-electron chi connectivity index (χ4n) is 2.34. The van der Waals surface area contributed by atoms with Crippen molar-refractivity contribution in [2.24, 2.45) is 7.05 Å². The van der Waals surface area contributed by atoms with Crippen LogP contribution in [-0.2, 0) is 16.6 Å². The third-order valence-electron chi connectivity index (χ3n) is 3.45. The molecule has 2 N–H and O–H groups in total. The molecule has 0 spiro atoms. The monoisotopic (exact) mass is 358 g/mol. The minimum absolute atomic E-state index is 0. The zero-order chi connectivity index (χ0) is 14.7. The van der Waals surface area contributed by atoms with E-state index < -0.39 is 0 Å². The Bertz CT molecular complexity index is 642. The highest BCUT2D eigenvalue weighted by Crippen LogP contribution is 2.20. The van der Waals surface area contributed by atoms with E-state index in [4.69, 9.17) is 4.74 Å². The average molecular weight is 359 g/mol. The molecule has 126 valence electrons. The molecule has 1 aromatic heterocycles. The van der Waals surface area contributed by atoms with Crippen LogP contribution in [-0.4, -0.2) is 41.3 Å². The van der Waals surface area contributed by atoms with Gasteiger partial charge < -0.3 is 19.9 Å². The second-order valence-corrected chi connectivity index (χ2v) is 5.01. The average Bonchev–Trinajstić information content (AvgIpc) is 2.94. The van der Waals surface area contributed by atoms with Crippen molar-refractivity contribution in [2.45, 2.75) is 6.04 Å². The highest BCUT2D eigenvalue weighted by molar-refractivity contribution is 5.95. The summed E-state index contributed by atoms with van der Waals surface area (Å²) < 4.78 is 7.24. The predicted octanol–water partition coefficient (Wildman–Crippen LogP) is 1.86. The van der Waals surface area contributed by atoms with Gasteiger partial charge >= 0.3 is 0 Å². The van der Waals surface area contributed by atoms with Gasteiger partial charge in [-0.2, -0.15) is 0 Å². The number of aryl methyl sites for hydroxylation is 1. The van der Waals surface area contributed by atoms with Gasteiger partial charge in [-0.3, -0.25) is 4.79 Å². The number of nitrogens with one attached hydrogen (secondary N) is 2. The lowest BCUT2D eigenvalue weighted by Gasteiger charge is -2.23. The van der Waals surface area contributed by atoms with Gasteiger partial charge in [0.05, 0.1) is 13.2 Å². The molecule has 1 fully saturated rings. The zero-order valence-electron chi connectivity index (χ0n) is 12.7. The number of nitrogens with zero attached hydrogens (tertiary/aromatic N) is 2. The standard InChI is InChI=1S/C15H18N4O2.2ClH/c1-19-7-5-17-14(19)11-3-2-4-12(9-11)18-15(20)13-10-21-8-6-16-13;;/h2-5,7,9,13,16H,6,8,10H2,1H3,(H,18,20);2*1H. The molecule has 8 heteroatoms. The van der Waals surface area contributed by atoms with Gasteiger partial charge in [0, 0.05) is 37.2 Å². The molecule has 2 heterocycles. The maximum Gasteiger partial charge on any atom is 0.243 e. The fraction of sp³-hybridized carbons (Fsp3) is 0.333. The van der Waals surface area contributed by atoms with Gasteiger partial charge in [0.25, 0.3) is 0 Å². The summed E-state index contributed by atoms with van der Waals surface area (Å²) in [6.45, 7) is 1.76. The molecule has 1 aliphatic rings. The number of amides is 1. The van der Waals surface area contributed by atoms with Crippen molar-refractivity contribution in [2.75, 3.05) is 25.1 Å². The van der Waals surface area contributed by atoms with Crippen LogP contribution in [0.2, 0.25) is 0 Å². The molecule has 6 nitrogen and oxygen atoms in total. The number of carbonyl (C=O) groups is 1. The molecule has 0 bridgehead atoms. The molecule has 0 aliphatic carbocycles. The van der Waals surface area contributed by atoms with Crippen molar-refractivity contribution in [1.82, 2.24) is 14.9 Å². The SMILES string of the molecule is Cl.Cl.Cn1ccnc1-c1cccc(NC(=O)C2COCCN2)c1. The lowest BCUT2D eigenvalue weighted by atomic mass is 10.1. The number of hydrogen-bond donors (Lipinski definition) is 2. The summed E-state index contributed by atoms with van der Waals surface area (Å²) in [5.74, 6) is 0.789. The number of anilines is 1. The number of aromatic nitrogens is 2. The third-order valence-corrected chi connectivity index (χ3v) is 3.45. The molecule has 1 aliphatic heterocycles. The van der Waals surface area contributed by atoms with Crippen LogP contribution in [0, 0.1) is 0 Å². The molecule has 23 heavy (non-hydrogen) atoms. The molecule has 0 saturated carbocycles. The van der Waals surface area contributed by atoms with Gasteiger partial charge in [0.15, 0.2) is 0 Å². The van der Waals surface area contributed by atoms with Crippen molar-refractivity contribution < 1.29 is 9.53 Å². The van der Waals surface area contributed by atoms with Gasteiger partial charge in [-0.05, 0) is 12.1 Å². The van der Waals surface area contributed by atoms with Crippen LogP contribution in [0.1, 0.15) is 0 Å². The summed E-state index contributed by atoms with van der Waals surface area (Å²) >= 11 is 0. The molecule has 0 radical (unpaired) electrons. The van der Waals surface area contributed by atoms with Crippen LogP contribution >= 0.6 is 24.8 Å². The van der Waals surface area contributed by atoms with E-state index >= 15 is 0 Å². The van der Waals surface area contributed by atoms with E-state index in [1.807, 2.05) is 42.1 Å². The molecule has 3 rings (SSSR count). The largest absolute Gasteiger partial charge is 0.378 e. The van der Waals surface area contributed by atoms with Crippen LogP contribution in [0.4, 0.5) is 5.69 Å². The van der Waals surface area contributed by atoms with Crippen LogP contribution in [0.25, 0.3) is 11.4 Å². The predicted molar refractivity (Wildman–Crippen MR) is 94.4 cm³/mol. The first-order chi connectivity index (χ1) is 10.2. The minimum Gasteiger partial charge on any atom is -0.378 e. The zero-order valence-corrected chi connectivity index (χ0v) is 14.3. The smallest absolute Gasteiger partial charge is 0.243 e. The Kier molecular flexibility index (Phi) is 7.51. The van der Waals surface area contributed by atoms with Crippen molar-refractivity contribution in [3.8, 4) is 11.4 Å². The van der Waals surface area contributed by atoms with Crippen molar-refractivity contribution in [3.05, 3.63) is 36.7 Å². The summed E-state index contributed by atoms with van der Waals surface area (Å²) in [7, 11) is 1.94. The summed E-state index contributed by atoms with van der Waals surface area (Å²) in [4.78, 5) is 16.5. The van der Waals surface area contributed by atoms with Crippen LogP contribution < -0.4 is 10.6 Å². The Morgan fingerprint density at radius 2 is 2.26 bits per heavy atom. The lowest BCUT2D eigenvalue weighted by molar-refractivity contribution is -0.120. The van der Waals surface area contributed by atoms with E-state index in [0.29, 0.717) is 19.8 Å². The highest BCUT2D eigenvalue weighted by atomic mass is 35.5. The number of ether oxygens (including phenoxy) is 1. The summed E-state index contributed by atoms with van der Waals surface area (Å²) in [5, 5.41) is 6.05. The number of carbonyl (C=O) groups excluding carboxylic acids is 1. The lowest BCUT2D eigenvalue weighted by Crippen LogP contribution is -2.48. The van der Waals surface area contributed by atoms with Crippen LogP contribution in [0.5, 0.6) is 0 Å². The van der Waals surface area contributed by atoms with E-state index in [1.54, 1.807) is 6.20 Å². The number of imidazole rings is 1. The van der Waals surface area contributed by atoms with Gasteiger partial charge in [-0.25, -0.2) is 4.98 Å². The molecular formula is C15H20Cl2N4O2. The number of benzene rings is 1. The molecule has 1 atom stereocenters. The van der Waals surface area contributed by atoms with Gasteiger partial charge in [-0.15, -0.1) is 24.8 Å². The Morgan fingerprint density at radius 3 is 2.91 bits per heavy atom. The topological polar surface area (TPSA) is 68.2 Å². The number of halogens is 2. The minimum atomic E-state index is -0.296. The molecular weight excluding hydrogens is 339 g/mol. The summed E-state index contributed by atoms with van der Waals surface area (Å²) in [6.07, 6.45) is 3.65. The second-order valence-electron chi connectivity index (χ2n) is 5.01. The van der Waals surface area contributed by atoms with E-state index in [-0.39, 0.29) is 36.8 Å². The number of hydrogen-bond acceptors (Lipinski definition) is 4. The van der Waals surface area contributed by atoms with E-state index in [2.05, 4.69) is 15.6 Å². The first kappa shape index (κ1) is 19.4. The normalized spacial score (nSPS) is 16.8. The van der Waals surface area contributed by atoms with Gasteiger partial charge in [0.2, 0.25) is 5.91 Å². The maximum atomic E-state index is 12.2. The van der Waals surface area contributed by atoms with Crippen molar-refractivity contribution in [3.63, 3.8) is 0 Å². The Hall–Kier alpha value is -1.60. The van der Waals surface area contributed by atoms with Gasteiger partial charge in [-0.1, -0.05) is 12.1 Å². The molecule has 1 unspecified atom stereocenters. The summed E-state index contributed by atoms with van der Waals surface area (Å²) in [6, 6.07) is 7.37. The fourth-order valence-corrected chi connectivity index (χ4v) is 2.34. The van der Waals surface area contributed by atoms with Crippen LogP contribution in [0.15, 0.2) is 36.7 Å². The highest BCUT2D eigenvalue weighted by Gasteiger charge is 2.21. The Labute approximate surface area is 147 Å². The molecule has 1 saturated heterocycles. The Balaban J connectivity index is 0.00000132. The second kappa shape index (κ2) is 8.88. The van der Waals surface area contributed by atoms with Crippen molar-refractivity contribution >= 4 is 36.4 Å². The summed E-state index contributed by atoms with van der Waals surface area (Å²) in [5.41, 5.74) is 1.72. The molecule has 1 aromatic carbocycles. The quantitative estimate of drug-likeness (QED) is 0.878. The molecule has 1 amide bonds. The van der Waals surface area contributed by atoms with Crippen LogP contribution in [0.3, 0.4) is 0 Å². The third kappa shape index (κ3) is 4.68. The number of rotatable bonds is 3. The number of morpholine rings is 1. The van der Waals surface area contributed by atoms with E-state index in [0.717, 1.165) is 17.1 Å². The van der Waals surface area contributed by atoms with E-state index in [1.165, 1.54) is 0 Å². The molecule has 2 aromatic rings. The first-order valence-corrected chi connectivity index (χ1v) is 6.94. The van der Waals surface area contributed by atoms with Gasteiger partial charge in [0.1, 0.15) is 11.9 Å². The van der Waals surface area contributed by atoms with E-state index in [9.17, 15) is 4.79 Å². The van der Waals surface area contributed by atoms with Crippen molar-refractivity contribution in [1.29, 1.82) is 0 Å². The Morgan fingerprint density at radius 1 is 1.43 bits per heavy atom. The maximum absolute atomic E-state index is 12.2.